The fraction of sp³-hybridized carbons (Fsp3) is 0.174. The number of carbonyl (C=O) groups is 1. The van der Waals surface area contributed by atoms with Gasteiger partial charge in [-0.25, -0.2) is 12.8 Å². The summed E-state index contributed by atoms with van der Waals surface area (Å²) in [5.74, 6) is -1.06. The second-order valence-corrected chi connectivity index (χ2v) is 9.95. The van der Waals surface area contributed by atoms with Crippen molar-refractivity contribution in [3.8, 4) is 5.75 Å². The molecule has 0 aliphatic carbocycles. The van der Waals surface area contributed by atoms with Crippen LogP contribution in [-0.4, -0.2) is 28.0 Å². The van der Waals surface area contributed by atoms with Gasteiger partial charge in [-0.1, -0.05) is 39.7 Å². The predicted octanol–water partition coefficient (Wildman–Crippen LogP) is 5.05. The number of anilines is 2. The van der Waals surface area contributed by atoms with E-state index in [9.17, 15) is 17.6 Å². The van der Waals surface area contributed by atoms with Gasteiger partial charge in [0.1, 0.15) is 18.1 Å². The predicted molar refractivity (Wildman–Crippen MR) is 126 cm³/mol. The first kappa shape index (κ1) is 23.7. The molecule has 0 aromatic heterocycles. The van der Waals surface area contributed by atoms with Crippen molar-refractivity contribution in [1.82, 2.24) is 0 Å². The summed E-state index contributed by atoms with van der Waals surface area (Å²) in [4.78, 5) is 12.8. The van der Waals surface area contributed by atoms with Gasteiger partial charge < -0.3 is 10.1 Å². The Kier molecular flexibility index (Phi) is 7.20. The molecule has 0 fully saturated rings. The van der Waals surface area contributed by atoms with Gasteiger partial charge in [0.2, 0.25) is 5.91 Å². The molecule has 1 amide bonds. The Balaban J connectivity index is 2.03. The first-order valence-corrected chi connectivity index (χ1v) is 11.8. The average Bonchev–Trinajstić information content (AvgIpc) is 2.74. The summed E-state index contributed by atoms with van der Waals surface area (Å²) in [7, 11) is -2.71. The molecule has 0 saturated heterocycles. The first-order chi connectivity index (χ1) is 15.1. The van der Waals surface area contributed by atoms with Crippen LogP contribution in [0.3, 0.4) is 0 Å². The van der Waals surface area contributed by atoms with E-state index in [2.05, 4.69) is 21.2 Å². The molecule has 0 atom stereocenters. The molecular formula is C23H22BrFN2O4S. The Labute approximate surface area is 195 Å². The van der Waals surface area contributed by atoms with Gasteiger partial charge in [-0.05, 0) is 61.9 Å². The Morgan fingerprint density at radius 3 is 2.31 bits per heavy atom. The molecule has 0 spiro atoms. The first-order valence-electron chi connectivity index (χ1n) is 9.61. The van der Waals surface area contributed by atoms with E-state index in [0.717, 1.165) is 15.4 Å². The number of benzene rings is 3. The van der Waals surface area contributed by atoms with Crippen molar-refractivity contribution < 1.29 is 22.3 Å². The number of aryl methyl sites for hydroxylation is 2. The van der Waals surface area contributed by atoms with E-state index in [1.54, 1.807) is 43.3 Å². The molecule has 3 aromatic rings. The van der Waals surface area contributed by atoms with Crippen LogP contribution < -0.4 is 14.4 Å². The van der Waals surface area contributed by atoms with Crippen molar-refractivity contribution in [2.24, 2.45) is 0 Å². The van der Waals surface area contributed by atoms with Crippen molar-refractivity contribution in [1.29, 1.82) is 0 Å². The van der Waals surface area contributed by atoms with Crippen molar-refractivity contribution in [2.45, 2.75) is 18.7 Å². The largest absolute Gasteiger partial charge is 0.495 e. The molecule has 3 rings (SSSR count). The van der Waals surface area contributed by atoms with Gasteiger partial charge in [-0.2, -0.15) is 0 Å². The topological polar surface area (TPSA) is 75.7 Å². The average molecular weight is 521 g/mol. The Bertz CT molecular complexity index is 1250. The molecule has 168 valence electrons. The number of hydrogen-bond donors (Lipinski definition) is 1. The highest BCUT2D eigenvalue weighted by molar-refractivity contribution is 9.10. The number of hydrogen-bond acceptors (Lipinski definition) is 4. The lowest BCUT2D eigenvalue weighted by atomic mass is 10.2. The minimum absolute atomic E-state index is 0.0225. The third-order valence-electron chi connectivity index (χ3n) is 4.70. The quantitative estimate of drug-likeness (QED) is 0.473. The Morgan fingerprint density at radius 2 is 1.69 bits per heavy atom. The molecule has 32 heavy (non-hydrogen) atoms. The lowest BCUT2D eigenvalue weighted by molar-refractivity contribution is -0.114. The molecule has 9 heteroatoms. The van der Waals surface area contributed by atoms with E-state index >= 15 is 0 Å². The van der Waals surface area contributed by atoms with Crippen molar-refractivity contribution >= 4 is 43.2 Å². The van der Waals surface area contributed by atoms with E-state index in [4.69, 9.17) is 4.74 Å². The van der Waals surface area contributed by atoms with Gasteiger partial charge in [-0.15, -0.1) is 0 Å². The van der Waals surface area contributed by atoms with E-state index < -0.39 is 28.3 Å². The van der Waals surface area contributed by atoms with Crippen LogP contribution >= 0.6 is 15.9 Å². The molecule has 0 unspecified atom stereocenters. The van der Waals surface area contributed by atoms with Crippen LogP contribution in [0.15, 0.2) is 70.0 Å². The van der Waals surface area contributed by atoms with Crippen LogP contribution in [0.1, 0.15) is 11.1 Å². The summed E-state index contributed by atoms with van der Waals surface area (Å²) < 4.78 is 48.1. The molecule has 0 aliphatic heterocycles. The van der Waals surface area contributed by atoms with Crippen LogP contribution in [0, 0.1) is 19.7 Å². The van der Waals surface area contributed by atoms with E-state index in [0.29, 0.717) is 4.47 Å². The summed E-state index contributed by atoms with van der Waals surface area (Å²) >= 11 is 3.16. The fourth-order valence-corrected chi connectivity index (χ4v) is 4.80. The Morgan fingerprint density at radius 1 is 1.03 bits per heavy atom. The van der Waals surface area contributed by atoms with Crippen molar-refractivity contribution in [3.63, 3.8) is 0 Å². The van der Waals surface area contributed by atoms with Crippen molar-refractivity contribution in [3.05, 3.63) is 82.1 Å². The number of halogens is 2. The SMILES string of the molecule is COc1ccc(C)cc1N(CC(=O)Nc1ccc(Br)cc1F)S(=O)(=O)c1ccc(C)cc1. The van der Waals surface area contributed by atoms with Crippen LogP contribution in [0.25, 0.3) is 0 Å². The van der Waals surface area contributed by atoms with Gasteiger partial charge in [0.05, 0.1) is 23.4 Å². The zero-order valence-electron chi connectivity index (χ0n) is 17.7. The molecule has 0 bridgehead atoms. The Hall–Kier alpha value is -2.91. The number of rotatable bonds is 7. The van der Waals surface area contributed by atoms with Gasteiger partial charge >= 0.3 is 0 Å². The van der Waals surface area contributed by atoms with Crippen LogP contribution in [0.5, 0.6) is 5.75 Å². The highest BCUT2D eigenvalue weighted by Crippen LogP contribution is 2.33. The highest BCUT2D eigenvalue weighted by Gasteiger charge is 2.30. The molecule has 0 heterocycles. The molecule has 6 nitrogen and oxygen atoms in total. The summed E-state index contributed by atoms with van der Waals surface area (Å²) in [6.45, 7) is 3.07. The lowest BCUT2D eigenvalue weighted by Crippen LogP contribution is -2.38. The van der Waals surface area contributed by atoms with Gasteiger partial charge in [0.25, 0.3) is 10.0 Å². The number of nitrogens with zero attached hydrogens (tertiary/aromatic N) is 1. The second-order valence-electron chi connectivity index (χ2n) is 7.17. The maximum absolute atomic E-state index is 14.2. The molecule has 3 aromatic carbocycles. The summed E-state index contributed by atoms with van der Waals surface area (Å²) in [5.41, 5.74) is 1.83. The number of carbonyl (C=O) groups excluding carboxylic acids is 1. The number of nitrogens with one attached hydrogen (secondary N) is 1. The smallest absolute Gasteiger partial charge is 0.264 e. The van der Waals surface area contributed by atoms with E-state index in [1.807, 2.05) is 6.92 Å². The summed E-state index contributed by atoms with van der Waals surface area (Å²) in [6, 6.07) is 15.5. The maximum atomic E-state index is 14.2. The minimum atomic E-state index is -4.13. The number of sulfonamides is 1. The number of amides is 1. The van der Waals surface area contributed by atoms with Crippen LogP contribution in [-0.2, 0) is 14.8 Å². The third-order valence-corrected chi connectivity index (χ3v) is 6.97. The molecule has 0 radical (unpaired) electrons. The fourth-order valence-electron chi connectivity index (χ4n) is 3.04. The summed E-state index contributed by atoms with van der Waals surface area (Å²) in [5, 5.41) is 2.44. The summed E-state index contributed by atoms with van der Waals surface area (Å²) in [6.07, 6.45) is 0. The van der Waals surface area contributed by atoms with Crippen LogP contribution in [0.4, 0.5) is 15.8 Å². The molecule has 1 N–H and O–H groups in total. The minimum Gasteiger partial charge on any atom is -0.495 e. The number of ether oxygens (including phenoxy) is 1. The number of methoxy groups -OCH3 is 1. The molecule has 0 saturated carbocycles. The monoisotopic (exact) mass is 520 g/mol. The van der Waals surface area contributed by atoms with Gasteiger partial charge in [0.15, 0.2) is 0 Å². The highest BCUT2D eigenvalue weighted by atomic mass is 79.9. The molecular weight excluding hydrogens is 499 g/mol. The van der Waals surface area contributed by atoms with E-state index in [1.165, 1.54) is 31.4 Å². The lowest BCUT2D eigenvalue weighted by Gasteiger charge is -2.26. The molecule has 0 aliphatic rings. The second kappa shape index (κ2) is 9.70. The van der Waals surface area contributed by atoms with E-state index in [-0.39, 0.29) is 22.0 Å². The van der Waals surface area contributed by atoms with Crippen LogP contribution in [0.2, 0.25) is 0 Å². The van der Waals surface area contributed by atoms with Gasteiger partial charge in [0, 0.05) is 4.47 Å². The maximum Gasteiger partial charge on any atom is 0.264 e. The van der Waals surface area contributed by atoms with Gasteiger partial charge in [-0.3, -0.25) is 9.10 Å². The normalized spacial score (nSPS) is 11.2. The third kappa shape index (κ3) is 5.28. The van der Waals surface area contributed by atoms with Crippen molar-refractivity contribution in [2.75, 3.05) is 23.3 Å². The standard InChI is InChI=1S/C23H22BrFN2O4S/c1-15-4-8-18(9-5-15)32(29,30)27(21-12-16(2)6-11-22(21)31-3)14-23(28)26-20-10-7-17(24)13-19(20)25/h4-13H,14H2,1-3H3,(H,26,28). The zero-order valence-corrected chi connectivity index (χ0v) is 20.1. The zero-order chi connectivity index (χ0) is 23.5.